The molecule has 0 bridgehead atoms. The summed E-state index contributed by atoms with van der Waals surface area (Å²) in [4.78, 5) is 12.0. The van der Waals surface area contributed by atoms with Gasteiger partial charge in [0, 0.05) is 6.42 Å². The lowest BCUT2D eigenvalue weighted by molar-refractivity contribution is -0.116. The standard InChI is InChI=1S/C26H38O2/c1-24(2)23(28-24)7-5-6-17-9-11-21-20-10-8-18-16-19(27)12-14-26(18,4)22(20)13-15-25(17,21)3/h8,10,16-17,20-23H,5-7,9,11-15H2,1-4H3/t17-,20-,21-,22-,23?,25+,26-/m0/s1. The highest BCUT2D eigenvalue weighted by Crippen LogP contribution is 2.65. The van der Waals surface area contributed by atoms with Crippen LogP contribution in [-0.4, -0.2) is 17.5 Å². The summed E-state index contributed by atoms with van der Waals surface area (Å²) in [6.07, 6.45) is 18.7. The summed E-state index contributed by atoms with van der Waals surface area (Å²) in [7, 11) is 0. The van der Waals surface area contributed by atoms with Gasteiger partial charge in [-0.05, 0) is 105 Å². The van der Waals surface area contributed by atoms with Crippen LogP contribution in [0.15, 0.2) is 23.8 Å². The van der Waals surface area contributed by atoms with Crippen molar-refractivity contribution in [2.24, 2.45) is 34.5 Å². The molecule has 3 fully saturated rings. The van der Waals surface area contributed by atoms with E-state index >= 15 is 0 Å². The van der Waals surface area contributed by atoms with E-state index in [0.29, 0.717) is 17.3 Å². The van der Waals surface area contributed by atoms with Crippen molar-refractivity contribution in [3.8, 4) is 0 Å². The first-order valence-corrected chi connectivity index (χ1v) is 11.8. The molecule has 0 N–H and O–H groups in total. The van der Waals surface area contributed by atoms with Crippen molar-refractivity contribution < 1.29 is 9.53 Å². The highest BCUT2D eigenvalue weighted by molar-refractivity contribution is 5.92. The number of ether oxygens (including phenoxy) is 1. The molecule has 2 nitrogen and oxygen atoms in total. The van der Waals surface area contributed by atoms with Crippen LogP contribution in [0.25, 0.3) is 0 Å². The molecule has 154 valence electrons. The van der Waals surface area contributed by atoms with Gasteiger partial charge in [0.2, 0.25) is 0 Å². The Balaban J connectivity index is 1.30. The summed E-state index contributed by atoms with van der Waals surface area (Å²) in [6.45, 7) is 9.53. The van der Waals surface area contributed by atoms with Crippen LogP contribution in [0.1, 0.15) is 85.5 Å². The number of hydrogen-bond acceptors (Lipinski definition) is 2. The molecule has 2 saturated carbocycles. The summed E-state index contributed by atoms with van der Waals surface area (Å²) in [5.41, 5.74) is 2.24. The molecular weight excluding hydrogens is 344 g/mol. The van der Waals surface area contributed by atoms with Gasteiger partial charge in [-0.2, -0.15) is 0 Å². The van der Waals surface area contributed by atoms with Gasteiger partial charge < -0.3 is 4.74 Å². The molecule has 0 aromatic heterocycles. The molecule has 0 aromatic rings. The maximum absolute atomic E-state index is 12.0. The predicted molar refractivity (Wildman–Crippen MR) is 113 cm³/mol. The van der Waals surface area contributed by atoms with E-state index in [0.717, 1.165) is 36.5 Å². The molecule has 1 aliphatic heterocycles. The van der Waals surface area contributed by atoms with Gasteiger partial charge in [0.05, 0.1) is 11.7 Å². The fourth-order valence-electron chi connectivity index (χ4n) is 7.87. The van der Waals surface area contributed by atoms with Gasteiger partial charge in [-0.25, -0.2) is 0 Å². The van der Waals surface area contributed by atoms with Crippen molar-refractivity contribution >= 4 is 5.78 Å². The summed E-state index contributed by atoms with van der Waals surface area (Å²) < 4.78 is 5.80. The van der Waals surface area contributed by atoms with E-state index in [1.165, 1.54) is 50.5 Å². The van der Waals surface area contributed by atoms with Gasteiger partial charge in [0.1, 0.15) is 0 Å². The molecular formula is C26H38O2. The zero-order chi connectivity index (χ0) is 19.7. The summed E-state index contributed by atoms with van der Waals surface area (Å²) in [5.74, 6) is 3.54. The van der Waals surface area contributed by atoms with Crippen LogP contribution < -0.4 is 0 Å². The van der Waals surface area contributed by atoms with Crippen LogP contribution in [0.4, 0.5) is 0 Å². The van der Waals surface area contributed by atoms with Crippen molar-refractivity contribution in [1.29, 1.82) is 0 Å². The Hall–Kier alpha value is -0.890. The highest BCUT2D eigenvalue weighted by Gasteiger charge is 2.57. The van der Waals surface area contributed by atoms with Gasteiger partial charge in [-0.3, -0.25) is 4.79 Å². The van der Waals surface area contributed by atoms with Gasteiger partial charge in [0.25, 0.3) is 0 Å². The minimum atomic E-state index is 0.148. The normalized spacial score (nSPS) is 48.5. The summed E-state index contributed by atoms with van der Waals surface area (Å²) in [6, 6.07) is 0. The molecule has 28 heavy (non-hydrogen) atoms. The minimum absolute atomic E-state index is 0.148. The molecule has 1 heterocycles. The molecule has 0 aromatic carbocycles. The SMILES string of the molecule is CC1(C)OC1CCC[C@H]1CC[C@H]2[C@@H]3C=CC4=CC(=O)CC[C@]4(C)[C@H]3CC[C@]12C. The van der Waals surface area contributed by atoms with Crippen molar-refractivity contribution in [1.82, 2.24) is 0 Å². The van der Waals surface area contributed by atoms with E-state index in [9.17, 15) is 4.79 Å². The smallest absolute Gasteiger partial charge is 0.156 e. The Labute approximate surface area is 171 Å². The molecule has 5 rings (SSSR count). The number of allylic oxidation sites excluding steroid dienone is 4. The average molecular weight is 383 g/mol. The second-order valence-electron chi connectivity index (χ2n) is 11.6. The van der Waals surface area contributed by atoms with Crippen LogP contribution in [0.2, 0.25) is 0 Å². The fraction of sp³-hybridized carbons (Fsp3) is 0.808. The lowest BCUT2D eigenvalue weighted by Crippen LogP contribution is -2.48. The number of hydrogen-bond donors (Lipinski definition) is 0. The molecule has 5 aliphatic rings. The highest BCUT2D eigenvalue weighted by atomic mass is 16.6. The average Bonchev–Trinajstić information content (AvgIpc) is 3.10. The molecule has 4 aliphatic carbocycles. The quantitative estimate of drug-likeness (QED) is 0.537. The van der Waals surface area contributed by atoms with Gasteiger partial charge in [0.15, 0.2) is 5.78 Å². The molecule has 0 amide bonds. The zero-order valence-corrected chi connectivity index (χ0v) is 18.3. The second-order valence-corrected chi connectivity index (χ2v) is 11.6. The van der Waals surface area contributed by atoms with E-state index in [2.05, 4.69) is 39.8 Å². The third-order valence-corrected chi connectivity index (χ3v) is 9.90. The first-order chi connectivity index (χ1) is 13.2. The van der Waals surface area contributed by atoms with Gasteiger partial charge >= 0.3 is 0 Å². The molecule has 1 saturated heterocycles. The number of rotatable bonds is 4. The van der Waals surface area contributed by atoms with Gasteiger partial charge in [-0.1, -0.05) is 32.4 Å². The van der Waals surface area contributed by atoms with E-state index in [4.69, 9.17) is 4.74 Å². The Morgan fingerprint density at radius 2 is 1.82 bits per heavy atom. The first-order valence-electron chi connectivity index (χ1n) is 11.8. The molecule has 1 unspecified atom stereocenters. The van der Waals surface area contributed by atoms with Crippen molar-refractivity contribution in [2.45, 2.75) is 97.2 Å². The molecule has 7 atom stereocenters. The predicted octanol–water partition coefficient (Wildman–Crippen LogP) is 6.26. The monoisotopic (exact) mass is 382 g/mol. The van der Waals surface area contributed by atoms with Crippen molar-refractivity contribution in [2.75, 3.05) is 0 Å². The van der Waals surface area contributed by atoms with E-state index < -0.39 is 0 Å². The van der Waals surface area contributed by atoms with Crippen LogP contribution >= 0.6 is 0 Å². The Morgan fingerprint density at radius 3 is 2.57 bits per heavy atom. The lowest BCUT2D eigenvalue weighted by atomic mass is 9.48. The first kappa shape index (κ1) is 19.1. The van der Waals surface area contributed by atoms with Crippen LogP contribution in [0.5, 0.6) is 0 Å². The third-order valence-electron chi connectivity index (χ3n) is 9.90. The van der Waals surface area contributed by atoms with Crippen LogP contribution in [-0.2, 0) is 9.53 Å². The molecule has 0 spiro atoms. The number of epoxide rings is 1. The summed E-state index contributed by atoms with van der Waals surface area (Å²) >= 11 is 0. The minimum Gasteiger partial charge on any atom is -0.367 e. The Morgan fingerprint density at radius 1 is 1.04 bits per heavy atom. The number of ketones is 1. The van der Waals surface area contributed by atoms with Gasteiger partial charge in [-0.15, -0.1) is 0 Å². The second kappa shape index (κ2) is 6.30. The lowest BCUT2D eigenvalue weighted by Gasteiger charge is -2.56. The third kappa shape index (κ3) is 2.81. The van der Waals surface area contributed by atoms with Crippen molar-refractivity contribution in [3.05, 3.63) is 23.8 Å². The molecule has 2 heteroatoms. The number of carbonyl (C=O) groups excluding carboxylic acids is 1. The maximum Gasteiger partial charge on any atom is 0.156 e. The fourth-order valence-corrected chi connectivity index (χ4v) is 7.87. The Bertz CT molecular complexity index is 731. The summed E-state index contributed by atoms with van der Waals surface area (Å²) in [5, 5.41) is 0. The topological polar surface area (TPSA) is 29.6 Å². The van der Waals surface area contributed by atoms with Crippen molar-refractivity contribution in [3.63, 3.8) is 0 Å². The van der Waals surface area contributed by atoms with E-state index in [1.54, 1.807) is 0 Å². The zero-order valence-electron chi connectivity index (χ0n) is 18.3. The number of fused-ring (bicyclic) bond motifs is 5. The number of carbonyl (C=O) groups is 1. The van der Waals surface area contributed by atoms with Crippen LogP contribution in [0.3, 0.4) is 0 Å². The Kier molecular flexibility index (Phi) is 4.30. The van der Waals surface area contributed by atoms with E-state index in [1.807, 2.05) is 6.08 Å². The van der Waals surface area contributed by atoms with E-state index in [-0.39, 0.29) is 11.0 Å². The molecule has 0 radical (unpaired) electrons. The van der Waals surface area contributed by atoms with Crippen LogP contribution in [0, 0.1) is 34.5 Å². The largest absolute Gasteiger partial charge is 0.367 e. The maximum atomic E-state index is 12.0.